The summed E-state index contributed by atoms with van der Waals surface area (Å²) in [5, 5.41) is 3.67. The molecule has 2 N–H and O–H groups in total. The molecule has 0 amide bonds. The van der Waals surface area contributed by atoms with Crippen molar-refractivity contribution in [2.75, 3.05) is 0 Å². The van der Waals surface area contributed by atoms with Gasteiger partial charge in [-0.05, 0) is 20.8 Å². The van der Waals surface area contributed by atoms with Crippen molar-refractivity contribution in [2.45, 2.75) is 32.7 Å². The van der Waals surface area contributed by atoms with E-state index < -0.39 is 0 Å². The molecule has 1 aliphatic heterocycles. The number of rotatable bonds is 2. The lowest BCUT2D eigenvalue weighted by atomic mass is 9.93. The maximum Gasteiger partial charge on any atom is 0.343 e. The molecule has 0 spiro atoms. The second-order valence-electron chi connectivity index (χ2n) is 3.88. The zero-order valence-electron chi connectivity index (χ0n) is 7.63. The third-order valence-electron chi connectivity index (χ3n) is 1.74. The molecular formula is C8H14N2O2. The largest absolute Gasteiger partial charge is 0.343 e. The normalized spacial score (nSPS) is 23.8. The van der Waals surface area contributed by atoms with E-state index in [4.69, 9.17) is 5.73 Å². The maximum atomic E-state index is 10.9. The number of carbonyl (C=O) groups excluding carboxylic acids is 1. The molecule has 0 saturated carbocycles. The molecule has 4 heteroatoms. The molecular weight excluding hydrogens is 156 g/mol. The number of hydrogen-bond acceptors (Lipinski definition) is 4. The molecule has 0 radical (unpaired) electrons. The number of hydrogen-bond donors (Lipinski definition) is 1. The molecule has 0 saturated heterocycles. The standard InChI is InChI=1S/C8H14N2O2/c1-5-6(4-8(2,3)9)10-12-7(5)11/h5H,4,9H2,1-3H3. The Labute approximate surface area is 71.8 Å². The predicted molar refractivity (Wildman–Crippen MR) is 45.6 cm³/mol. The van der Waals surface area contributed by atoms with Crippen molar-refractivity contribution in [1.82, 2.24) is 0 Å². The lowest BCUT2D eigenvalue weighted by molar-refractivity contribution is -0.142. The Hall–Kier alpha value is -0.900. The minimum absolute atomic E-state index is 0.229. The van der Waals surface area contributed by atoms with Crippen LogP contribution in [0.2, 0.25) is 0 Å². The van der Waals surface area contributed by atoms with Crippen molar-refractivity contribution < 1.29 is 9.63 Å². The lowest BCUT2D eigenvalue weighted by Crippen LogP contribution is -2.36. The van der Waals surface area contributed by atoms with Crippen LogP contribution in [0.15, 0.2) is 5.16 Å². The molecule has 1 aliphatic rings. The van der Waals surface area contributed by atoms with Gasteiger partial charge in [0.1, 0.15) is 0 Å². The Bertz CT molecular complexity index is 228. The van der Waals surface area contributed by atoms with Crippen molar-refractivity contribution in [3.8, 4) is 0 Å². The van der Waals surface area contributed by atoms with E-state index in [1.807, 2.05) is 13.8 Å². The Kier molecular flexibility index (Phi) is 2.19. The molecule has 0 fully saturated rings. The van der Waals surface area contributed by atoms with Gasteiger partial charge in [0.05, 0.1) is 11.6 Å². The predicted octanol–water partition coefficient (Wildman–Crippen LogP) is 0.663. The van der Waals surface area contributed by atoms with Crippen LogP contribution in [-0.4, -0.2) is 17.2 Å². The average molecular weight is 170 g/mol. The van der Waals surface area contributed by atoms with Gasteiger partial charge < -0.3 is 10.6 Å². The van der Waals surface area contributed by atoms with Crippen molar-refractivity contribution in [3.05, 3.63) is 0 Å². The Balaban J connectivity index is 2.61. The minimum Gasteiger partial charge on any atom is -0.325 e. The van der Waals surface area contributed by atoms with Gasteiger partial charge >= 0.3 is 5.97 Å². The smallest absolute Gasteiger partial charge is 0.325 e. The van der Waals surface area contributed by atoms with Crippen LogP contribution in [0.5, 0.6) is 0 Å². The summed E-state index contributed by atoms with van der Waals surface area (Å²) in [5.74, 6) is -0.512. The minimum atomic E-state index is -0.332. The lowest BCUT2D eigenvalue weighted by Gasteiger charge is -2.18. The first-order valence-corrected chi connectivity index (χ1v) is 3.96. The number of carbonyl (C=O) groups is 1. The number of nitrogens with zero attached hydrogens (tertiary/aromatic N) is 1. The van der Waals surface area contributed by atoms with Gasteiger partial charge in [-0.1, -0.05) is 5.16 Å². The first-order chi connectivity index (χ1) is 5.40. The van der Waals surface area contributed by atoms with Crippen LogP contribution < -0.4 is 5.73 Å². The van der Waals surface area contributed by atoms with Gasteiger partial charge in [-0.25, -0.2) is 4.79 Å². The molecule has 0 bridgehead atoms. The summed E-state index contributed by atoms with van der Waals surface area (Å²) in [6.07, 6.45) is 0.597. The van der Waals surface area contributed by atoms with E-state index in [1.54, 1.807) is 6.92 Å². The average Bonchev–Trinajstić information content (AvgIpc) is 2.16. The molecule has 1 heterocycles. The molecule has 1 atom stereocenters. The maximum absolute atomic E-state index is 10.9. The Morgan fingerprint density at radius 2 is 2.25 bits per heavy atom. The van der Waals surface area contributed by atoms with Gasteiger partial charge in [-0.3, -0.25) is 0 Å². The molecule has 1 unspecified atom stereocenters. The van der Waals surface area contributed by atoms with Crippen LogP contribution in [0.3, 0.4) is 0 Å². The molecule has 4 nitrogen and oxygen atoms in total. The van der Waals surface area contributed by atoms with Crippen LogP contribution in [0.1, 0.15) is 27.2 Å². The van der Waals surface area contributed by atoms with E-state index in [-0.39, 0.29) is 17.4 Å². The quantitative estimate of drug-likeness (QED) is 0.619. The fraction of sp³-hybridized carbons (Fsp3) is 0.750. The van der Waals surface area contributed by atoms with E-state index in [0.29, 0.717) is 6.42 Å². The van der Waals surface area contributed by atoms with Gasteiger partial charge in [0.25, 0.3) is 0 Å². The summed E-state index contributed by atoms with van der Waals surface area (Å²) >= 11 is 0. The second kappa shape index (κ2) is 2.86. The summed E-state index contributed by atoms with van der Waals surface area (Å²) < 4.78 is 0. The highest BCUT2D eigenvalue weighted by Crippen LogP contribution is 2.18. The van der Waals surface area contributed by atoms with Gasteiger partial charge in [0.2, 0.25) is 0 Å². The van der Waals surface area contributed by atoms with Crippen LogP contribution >= 0.6 is 0 Å². The topological polar surface area (TPSA) is 64.7 Å². The Morgan fingerprint density at radius 1 is 1.67 bits per heavy atom. The highest BCUT2D eigenvalue weighted by Gasteiger charge is 2.30. The molecule has 0 aromatic carbocycles. The molecule has 0 aromatic heterocycles. The summed E-state index contributed by atoms with van der Waals surface area (Å²) in [4.78, 5) is 15.4. The third-order valence-corrected chi connectivity index (χ3v) is 1.74. The summed E-state index contributed by atoms with van der Waals surface area (Å²) in [7, 11) is 0. The summed E-state index contributed by atoms with van der Waals surface area (Å²) in [6.45, 7) is 5.57. The fourth-order valence-electron chi connectivity index (χ4n) is 1.05. The first kappa shape index (κ1) is 9.19. The SMILES string of the molecule is CC1C(=O)ON=C1CC(C)(C)N. The van der Waals surface area contributed by atoms with Crippen molar-refractivity contribution in [1.29, 1.82) is 0 Å². The second-order valence-corrected chi connectivity index (χ2v) is 3.88. The third kappa shape index (κ3) is 2.04. The Morgan fingerprint density at radius 3 is 2.58 bits per heavy atom. The van der Waals surface area contributed by atoms with E-state index in [0.717, 1.165) is 5.71 Å². The molecule has 1 rings (SSSR count). The monoisotopic (exact) mass is 170 g/mol. The van der Waals surface area contributed by atoms with Crippen LogP contribution in [0.25, 0.3) is 0 Å². The number of oxime groups is 1. The van der Waals surface area contributed by atoms with Gasteiger partial charge in [0.15, 0.2) is 0 Å². The fourth-order valence-corrected chi connectivity index (χ4v) is 1.05. The number of nitrogens with two attached hydrogens (primary N) is 1. The van der Waals surface area contributed by atoms with Crippen LogP contribution in [0.4, 0.5) is 0 Å². The first-order valence-electron chi connectivity index (χ1n) is 3.96. The van der Waals surface area contributed by atoms with Gasteiger partial charge in [-0.15, -0.1) is 0 Å². The van der Waals surface area contributed by atoms with E-state index in [2.05, 4.69) is 9.99 Å². The molecule has 0 aliphatic carbocycles. The summed E-state index contributed by atoms with van der Waals surface area (Å²) in [5.41, 5.74) is 6.19. The zero-order chi connectivity index (χ0) is 9.35. The van der Waals surface area contributed by atoms with Crippen molar-refractivity contribution in [3.63, 3.8) is 0 Å². The highest BCUT2D eigenvalue weighted by atomic mass is 16.7. The molecule has 12 heavy (non-hydrogen) atoms. The van der Waals surface area contributed by atoms with E-state index >= 15 is 0 Å². The van der Waals surface area contributed by atoms with Gasteiger partial charge in [-0.2, -0.15) is 0 Å². The van der Waals surface area contributed by atoms with Gasteiger partial charge in [0, 0.05) is 12.0 Å². The van der Waals surface area contributed by atoms with E-state index in [9.17, 15) is 4.79 Å². The molecule has 68 valence electrons. The van der Waals surface area contributed by atoms with Crippen LogP contribution in [-0.2, 0) is 9.63 Å². The van der Waals surface area contributed by atoms with Crippen molar-refractivity contribution in [2.24, 2.45) is 16.8 Å². The van der Waals surface area contributed by atoms with E-state index in [1.165, 1.54) is 0 Å². The summed E-state index contributed by atoms with van der Waals surface area (Å²) in [6, 6.07) is 0. The molecule has 0 aromatic rings. The highest BCUT2D eigenvalue weighted by molar-refractivity contribution is 6.04. The zero-order valence-corrected chi connectivity index (χ0v) is 7.63. The van der Waals surface area contributed by atoms with Crippen molar-refractivity contribution >= 4 is 11.7 Å². The van der Waals surface area contributed by atoms with Crippen LogP contribution in [0, 0.1) is 5.92 Å².